The Bertz CT molecular complexity index is 766. The molecule has 31 heavy (non-hydrogen) atoms. The fourth-order valence-corrected chi connectivity index (χ4v) is 2.62. The van der Waals surface area contributed by atoms with Gasteiger partial charge in [-0.25, -0.2) is 9.59 Å². The molecule has 1 saturated heterocycles. The van der Waals surface area contributed by atoms with Crippen molar-refractivity contribution in [1.82, 2.24) is 0 Å². The molecule has 1 aliphatic rings. The second kappa shape index (κ2) is 12.9. The molecule has 0 N–H and O–H groups in total. The number of rotatable bonds is 8. The van der Waals surface area contributed by atoms with Crippen LogP contribution in [0.4, 0.5) is 0 Å². The Kier molecular flexibility index (Phi) is 10.9. The largest absolute Gasteiger partial charge is 0.461 e. The molecular weight excluding hydrogens is 396 g/mol. The number of carbonyl (C=O) groups excluding carboxylic acids is 2. The minimum atomic E-state index is -0.801. The van der Waals surface area contributed by atoms with Crippen LogP contribution in [0.15, 0.2) is 66.8 Å². The van der Waals surface area contributed by atoms with Crippen molar-refractivity contribution in [2.24, 2.45) is 5.41 Å². The van der Waals surface area contributed by atoms with Gasteiger partial charge in [0.2, 0.25) is 0 Å². The Morgan fingerprint density at radius 2 is 1.65 bits per heavy atom. The van der Waals surface area contributed by atoms with Crippen LogP contribution < -0.4 is 0 Å². The van der Waals surface area contributed by atoms with Gasteiger partial charge < -0.3 is 18.9 Å². The van der Waals surface area contributed by atoms with Gasteiger partial charge in [0.15, 0.2) is 5.79 Å². The van der Waals surface area contributed by atoms with Crippen LogP contribution in [0.3, 0.4) is 0 Å². The van der Waals surface area contributed by atoms with Crippen molar-refractivity contribution in [3.63, 3.8) is 0 Å². The highest BCUT2D eigenvalue weighted by Crippen LogP contribution is 2.31. The Balaban J connectivity index is 0.00000233. The van der Waals surface area contributed by atoms with Crippen LogP contribution in [0.25, 0.3) is 0 Å². The molecule has 1 aliphatic heterocycles. The zero-order chi connectivity index (χ0) is 23.3. The first-order chi connectivity index (χ1) is 14.8. The SMILES string of the molecule is C=C/C=C(\C=C/C)C(=O)OCC1(COC(=O)c2ccccc2)COC(C)(C)OC1.CC. The Hall–Kier alpha value is -2.70. The third-order valence-electron chi connectivity index (χ3n) is 4.36. The minimum absolute atomic E-state index is 0.00574. The molecule has 1 fully saturated rings. The zero-order valence-electron chi connectivity index (χ0n) is 19.2. The van der Waals surface area contributed by atoms with Gasteiger partial charge in [-0.1, -0.05) is 56.9 Å². The number of allylic oxidation sites excluding steroid dienone is 3. The molecule has 0 aromatic heterocycles. The molecule has 0 spiro atoms. The van der Waals surface area contributed by atoms with Crippen molar-refractivity contribution < 1.29 is 28.5 Å². The van der Waals surface area contributed by atoms with E-state index in [0.29, 0.717) is 11.1 Å². The zero-order valence-corrected chi connectivity index (χ0v) is 19.2. The fraction of sp³-hybridized carbons (Fsp3) is 0.440. The molecule has 0 radical (unpaired) electrons. The van der Waals surface area contributed by atoms with E-state index in [-0.39, 0.29) is 26.4 Å². The maximum atomic E-state index is 12.4. The lowest BCUT2D eigenvalue weighted by molar-refractivity contribution is -0.295. The highest BCUT2D eigenvalue weighted by molar-refractivity contribution is 5.92. The van der Waals surface area contributed by atoms with Crippen molar-refractivity contribution in [2.45, 2.75) is 40.4 Å². The third kappa shape index (κ3) is 8.52. The van der Waals surface area contributed by atoms with E-state index < -0.39 is 23.1 Å². The second-order valence-electron chi connectivity index (χ2n) is 7.35. The minimum Gasteiger partial charge on any atom is -0.461 e. The monoisotopic (exact) mass is 430 g/mol. The summed E-state index contributed by atoms with van der Waals surface area (Å²) in [5.74, 6) is -1.71. The molecule has 0 atom stereocenters. The van der Waals surface area contributed by atoms with Crippen molar-refractivity contribution in [3.8, 4) is 0 Å². The first kappa shape index (κ1) is 26.3. The van der Waals surface area contributed by atoms with Gasteiger partial charge in [0.1, 0.15) is 13.2 Å². The summed E-state index contributed by atoms with van der Waals surface area (Å²) in [7, 11) is 0. The van der Waals surface area contributed by atoms with Crippen LogP contribution in [0.5, 0.6) is 0 Å². The quantitative estimate of drug-likeness (QED) is 0.333. The Morgan fingerprint density at radius 1 is 1.06 bits per heavy atom. The average molecular weight is 431 g/mol. The average Bonchev–Trinajstić information content (AvgIpc) is 2.79. The molecular formula is C25H34O6. The summed E-state index contributed by atoms with van der Waals surface area (Å²) in [5, 5.41) is 0. The molecule has 2 rings (SSSR count). The van der Waals surface area contributed by atoms with Gasteiger partial charge in [0.05, 0.1) is 29.8 Å². The third-order valence-corrected chi connectivity index (χ3v) is 4.36. The Labute approximate surface area is 185 Å². The number of benzene rings is 1. The van der Waals surface area contributed by atoms with Gasteiger partial charge in [0, 0.05) is 0 Å². The van der Waals surface area contributed by atoms with Crippen LogP contribution in [0, 0.1) is 5.41 Å². The maximum Gasteiger partial charge on any atom is 0.338 e. The van der Waals surface area contributed by atoms with E-state index in [9.17, 15) is 9.59 Å². The molecule has 6 heteroatoms. The molecule has 1 aromatic rings. The Morgan fingerprint density at radius 3 is 2.19 bits per heavy atom. The van der Waals surface area contributed by atoms with Gasteiger partial charge in [0.25, 0.3) is 0 Å². The molecule has 170 valence electrons. The van der Waals surface area contributed by atoms with Gasteiger partial charge in [-0.05, 0) is 39.0 Å². The molecule has 0 bridgehead atoms. The molecule has 0 amide bonds. The number of ether oxygens (including phenoxy) is 4. The van der Waals surface area contributed by atoms with Crippen LogP contribution in [0.2, 0.25) is 0 Å². The van der Waals surface area contributed by atoms with Gasteiger partial charge >= 0.3 is 11.9 Å². The summed E-state index contributed by atoms with van der Waals surface area (Å²) in [6.45, 7) is 13.4. The van der Waals surface area contributed by atoms with E-state index in [2.05, 4.69) is 6.58 Å². The summed E-state index contributed by atoms with van der Waals surface area (Å²) in [5.41, 5.74) is 0.0176. The van der Waals surface area contributed by atoms with Crippen LogP contribution >= 0.6 is 0 Å². The lowest BCUT2D eigenvalue weighted by Gasteiger charge is -2.42. The summed E-state index contributed by atoms with van der Waals surface area (Å²) < 4.78 is 22.5. The molecule has 0 aliphatic carbocycles. The highest BCUT2D eigenvalue weighted by atomic mass is 16.7. The van der Waals surface area contributed by atoms with Gasteiger partial charge in [-0.15, -0.1) is 0 Å². The fourth-order valence-electron chi connectivity index (χ4n) is 2.62. The molecule has 1 heterocycles. The summed E-state index contributed by atoms with van der Waals surface area (Å²) >= 11 is 0. The van der Waals surface area contributed by atoms with Crippen molar-refractivity contribution in [3.05, 3.63) is 72.4 Å². The van der Waals surface area contributed by atoms with Crippen molar-refractivity contribution in [2.75, 3.05) is 26.4 Å². The standard InChI is InChI=1S/C23H28O6.C2H6/c1-5-10-18(11-6-2)20(24)26-14-23(16-28-22(3,4)29-17-23)15-27-21(25)19-12-8-7-9-13-19;1-2/h5-13H,1,14-17H2,2-4H3;1-2H3/b11-6-,18-10+;. The topological polar surface area (TPSA) is 71.1 Å². The number of hydrogen-bond acceptors (Lipinski definition) is 6. The molecule has 0 unspecified atom stereocenters. The van der Waals surface area contributed by atoms with Crippen LogP contribution in [-0.2, 0) is 23.7 Å². The summed E-state index contributed by atoms with van der Waals surface area (Å²) in [6, 6.07) is 8.70. The normalized spacial score (nSPS) is 17.3. The van der Waals surface area contributed by atoms with Crippen molar-refractivity contribution >= 4 is 11.9 Å². The van der Waals surface area contributed by atoms with E-state index in [1.54, 1.807) is 63.3 Å². The summed E-state index contributed by atoms with van der Waals surface area (Å²) in [4.78, 5) is 24.7. The van der Waals surface area contributed by atoms with E-state index in [1.165, 1.54) is 6.08 Å². The van der Waals surface area contributed by atoms with Gasteiger partial charge in [-0.2, -0.15) is 0 Å². The maximum absolute atomic E-state index is 12.4. The summed E-state index contributed by atoms with van der Waals surface area (Å²) in [6.07, 6.45) is 6.47. The molecule has 6 nitrogen and oxygen atoms in total. The molecule has 0 saturated carbocycles. The predicted molar refractivity (Wildman–Crippen MR) is 121 cm³/mol. The van der Waals surface area contributed by atoms with Crippen molar-refractivity contribution in [1.29, 1.82) is 0 Å². The number of carbonyl (C=O) groups is 2. The first-order valence-corrected chi connectivity index (χ1v) is 10.4. The van der Waals surface area contributed by atoms with E-state index >= 15 is 0 Å². The first-order valence-electron chi connectivity index (χ1n) is 10.4. The second-order valence-corrected chi connectivity index (χ2v) is 7.35. The smallest absolute Gasteiger partial charge is 0.338 e. The van der Waals surface area contributed by atoms with E-state index in [4.69, 9.17) is 18.9 Å². The van der Waals surface area contributed by atoms with Crippen LogP contribution in [0.1, 0.15) is 45.0 Å². The number of hydrogen-bond donors (Lipinski definition) is 0. The lowest BCUT2D eigenvalue weighted by Crippen LogP contribution is -2.51. The molecule has 1 aromatic carbocycles. The van der Waals surface area contributed by atoms with E-state index in [1.807, 2.05) is 19.9 Å². The predicted octanol–water partition coefficient (Wildman–Crippen LogP) is 4.87. The van der Waals surface area contributed by atoms with Crippen LogP contribution in [-0.4, -0.2) is 44.2 Å². The van der Waals surface area contributed by atoms with Gasteiger partial charge in [-0.3, -0.25) is 0 Å². The number of esters is 2. The van der Waals surface area contributed by atoms with E-state index in [0.717, 1.165) is 0 Å². The highest BCUT2D eigenvalue weighted by Gasteiger charge is 2.42. The lowest BCUT2D eigenvalue weighted by atomic mass is 9.91.